The molecule has 0 unspecified atom stereocenters. The van der Waals surface area contributed by atoms with E-state index in [-0.39, 0.29) is 35.6 Å². The van der Waals surface area contributed by atoms with Gasteiger partial charge in [-0.05, 0) is 48.5 Å². The summed E-state index contributed by atoms with van der Waals surface area (Å²) in [5.41, 5.74) is -0.619. The molecule has 0 amide bonds. The monoisotopic (exact) mass is 540 g/mol. The average Bonchev–Trinajstić information content (AvgIpc) is 2.68. The summed E-state index contributed by atoms with van der Waals surface area (Å²) in [6.07, 6.45) is 0. The largest absolute Gasteiger partial charge is 0.506 e. The minimum absolute atomic E-state index is 0.00219. The van der Waals surface area contributed by atoms with Crippen molar-refractivity contribution in [1.82, 2.24) is 0 Å². The lowest BCUT2D eigenvalue weighted by Gasteiger charge is -2.16. The van der Waals surface area contributed by atoms with Gasteiger partial charge < -0.3 is 5.11 Å². The van der Waals surface area contributed by atoms with Crippen LogP contribution < -0.4 is 9.44 Å². The van der Waals surface area contributed by atoms with Gasteiger partial charge in [-0.1, -0.05) is 52.5 Å². The number of phenols is 1. The molecule has 0 radical (unpaired) electrons. The maximum Gasteiger partial charge on any atom is 0.262 e. The Kier molecular flexibility index (Phi) is 6.85. The molecule has 3 aromatic rings. The Hall–Kier alpha value is -1.88. The number of hydrogen-bond donors (Lipinski definition) is 3. The summed E-state index contributed by atoms with van der Waals surface area (Å²) in [5, 5.41) is 10.5. The van der Waals surface area contributed by atoms with Gasteiger partial charge >= 0.3 is 0 Å². The van der Waals surface area contributed by atoms with Gasteiger partial charge in [-0.15, -0.1) is 0 Å². The molecule has 0 spiro atoms. The molecular formula is C18H12Cl4N2O5S2. The molecule has 164 valence electrons. The zero-order valence-electron chi connectivity index (χ0n) is 15.1. The fourth-order valence-electron chi connectivity index (χ4n) is 2.42. The van der Waals surface area contributed by atoms with Crippen LogP contribution in [0, 0.1) is 0 Å². The van der Waals surface area contributed by atoms with E-state index in [4.69, 9.17) is 46.4 Å². The van der Waals surface area contributed by atoms with E-state index in [2.05, 4.69) is 9.44 Å². The Morgan fingerprint density at radius 3 is 1.61 bits per heavy atom. The normalized spacial score (nSPS) is 11.9. The number of sulfonamides is 2. The van der Waals surface area contributed by atoms with E-state index in [1.165, 1.54) is 42.5 Å². The van der Waals surface area contributed by atoms with Crippen molar-refractivity contribution in [2.75, 3.05) is 9.44 Å². The lowest BCUT2D eigenvalue weighted by molar-refractivity contribution is 0.478. The van der Waals surface area contributed by atoms with Crippen LogP contribution in [0.15, 0.2) is 64.4 Å². The Labute approximate surface area is 198 Å². The molecule has 3 aromatic carbocycles. The molecule has 0 aliphatic rings. The van der Waals surface area contributed by atoms with E-state index in [9.17, 15) is 21.9 Å². The molecule has 3 rings (SSSR count). The van der Waals surface area contributed by atoms with Crippen molar-refractivity contribution < 1.29 is 21.9 Å². The lowest BCUT2D eigenvalue weighted by Crippen LogP contribution is -2.17. The van der Waals surface area contributed by atoms with E-state index in [0.29, 0.717) is 0 Å². The van der Waals surface area contributed by atoms with E-state index >= 15 is 0 Å². The second-order valence-electron chi connectivity index (χ2n) is 6.06. The van der Waals surface area contributed by atoms with Crippen LogP contribution in [0.5, 0.6) is 5.75 Å². The number of hydrogen-bond acceptors (Lipinski definition) is 5. The third-order valence-electron chi connectivity index (χ3n) is 3.93. The van der Waals surface area contributed by atoms with Crippen molar-refractivity contribution >= 4 is 77.8 Å². The van der Waals surface area contributed by atoms with Crippen molar-refractivity contribution in [3.8, 4) is 5.75 Å². The quantitative estimate of drug-likeness (QED) is 0.351. The van der Waals surface area contributed by atoms with Crippen LogP contribution >= 0.6 is 46.4 Å². The second kappa shape index (κ2) is 8.93. The van der Waals surface area contributed by atoms with Crippen molar-refractivity contribution in [2.24, 2.45) is 0 Å². The Bertz CT molecular complexity index is 1380. The minimum Gasteiger partial charge on any atom is -0.506 e. The highest BCUT2D eigenvalue weighted by Crippen LogP contribution is 2.36. The topological polar surface area (TPSA) is 113 Å². The third-order valence-corrected chi connectivity index (χ3v) is 8.11. The maximum atomic E-state index is 12.8. The van der Waals surface area contributed by atoms with Crippen molar-refractivity contribution in [2.45, 2.75) is 9.79 Å². The summed E-state index contributed by atoms with van der Waals surface area (Å²) < 4.78 is 55.4. The number of rotatable bonds is 6. The van der Waals surface area contributed by atoms with Crippen LogP contribution in [0.3, 0.4) is 0 Å². The molecule has 0 saturated carbocycles. The molecule has 0 aliphatic carbocycles. The van der Waals surface area contributed by atoms with Crippen molar-refractivity contribution in [3.63, 3.8) is 0 Å². The fraction of sp³-hybridized carbons (Fsp3) is 0. The molecule has 0 aromatic heterocycles. The van der Waals surface area contributed by atoms with Gasteiger partial charge in [-0.2, -0.15) is 0 Å². The van der Waals surface area contributed by atoms with E-state index in [0.717, 1.165) is 12.1 Å². The van der Waals surface area contributed by atoms with Gasteiger partial charge in [-0.3, -0.25) is 9.44 Å². The Morgan fingerprint density at radius 2 is 1.13 bits per heavy atom. The molecule has 0 fully saturated rings. The highest BCUT2D eigenvalue weighted by molar-refractivity contribution is 7.93. The molecule has 3 N–H and O–H groups in total. The molecule has 0 aliphatic heterocycles. The number of phenolic OH excluding ortho intramolecular Hbond substituents is 1. The molecular weight excluding hydrogens is 530 g/mol. The summed E-state index contributed by atoms with van der Waals surface area (Å²) in [5.74, 6) is -0.516. The summed E-state index contributed by atoms with van der Waals surface area (Å²) in [6.45, 7) is 0. The van der Waals surface area contributed by atoms with E-state index in [1.807, 2.05) is 0 Å². The van der Waals surface area contributed by atoms with E-state index in [1.54, 1.807) is 0 Å². The number of benzene rings is 3. The molecule has 0 saturated heterocycles. The molecule has 31 heavy (non-hydrogen) atoms. The van der Waals surface area contributed by atoms with Crippen LogP contribution in [-0.4, -0.2) is 21.9 Å². The first-order valence-electron chi connectivity index (χ1n) is 8.18. The standard InChI is InChI=1S/C18H12Cl4N2O5S2/c19-12-6-4-10(8-14(12)21)30(26,27)23-16-2-1-3-17(25)18(16)24-31(28,29)11-5-7-13(20)15(22)9-11/h1-9,23-25H. The van der Waals surface area contributed by atoms with Crippen LogP contribution in [0.1, 0.15) is 0 Å². The van der Waals surface area contributed by atoms with E-state index < -0.39 is 31.5 Å². The molecule has 7 nitrogen and oxygen atoms in total. The third kappa shape index (κ3) is 5.31. The summed E-state index contributed by atoms with van der Waals surface area (Å²) in [7, 11) is -8.46. The SMILES string of the molecule is O=S(=O)(Nc1cccc(O)c1NS(=O)(=O)c1ccc(Cl)c(Cl)c1)c1ccc(Cl)c(Cl)c1. The van der Waals surface area contributed by atoms with Crippen molar-refractivity contribution in [3.05, 3.63) is 74.7 Å². The molecule has 13 heteroatoms. The predicted octanol–water partition coefficient (Wildman–Crippen LogP) is 5.61. The second-order valence-corrected chi connectivity index (χ2v) is 11.1. The number of aromatic hydroxyl groups is 1. The summed E-state index contributed by atoms with van der Waals surface area (Å²) >= 11 is 23.4. The average molecular weight is 542 g/mol. The van der Waals surface area contributed by atoms with Gasteiger partial charge in [0.05, 0.1) is 35.6 Å². The van der Waals surface area contributed by atoms with Gasteiger partial charge in [0.2, 0.25) is 0 Å². The highest BCUT2D eigenvalue weighted by Gasteiger charge is 2.23. The fourth-order valence-corrected chi connectivity index (χ4v) is 5.36. The molecule has 0 bridgehead atoms. The van der Waals surface area contributed by atoms with Gasteiger partial charge in [0.25, 0.3) is 20.0 Å². The minimum atomic E-state index is -4.26. The van der Waals surface area contributed by atoms with Gasteiger partial charge in [0.1, 0.15) is 11.4 Å². The Morgan fingerprint density at radius 1 is 0.645 bits per heavy atom. The highest BCUT2D eigenvalue weighted by atomic mass is 35.5. The van der Waals surface area contributed by atoms with Crippen LogP contribution in [0.25, 0.3) is 0 Å². The van der Waals surface area contributed by atoms with Crippen LogP contribution in [-0.2, 0) is 20.0 Å². The summed E-state index contributed by atoms with van der Waals surface area (Å²) in [6, 6.07) is 11.0. The van der Waals surface area contributed by atoms with Crippen LogP contribution in [0.4, 0.5) is 11.4 Å². The number of para-hydroxylation sites is 1. The first kappa shape index (κ1) is 23.8. The smallest absolute Gasteiger partial charge is 0.262 e. The number of anilines is 2. The van der Waals surface area contributed by atoms with Gasteiger partial charge in [0.15, 0.2) is 0 Å². The number of halogens is 4. The first-order valence-corrected chi connectivity index (χ1v) is 12.7. The van der Waals surface area contributed by atoms with Gasteiger partial charge in [0, 0.05) is 0 Å². The molecule has 0 heterocycles. The summed E-state index contributed by atoms with van der Waals surface area (Å²) in [4.78, 5) is -0.466. The maximum absolute atomic E-state index is 12.8. The van der Waals surface area contributed by atoms with Crippen molar-refractivity contribution in [1.29, 1.82) is 0 Å². The molecule has 0 atom stereocenters. The Balaban J connectivity index is 2.00. The number of nitrogens with one attached hydrogen (secondary N) is 2. The van der Waals surface area contributed by atoms with Crippen LogP contribution in [0.2, 0.25) is 20.1 Å². The first-order chi connectivity index (χ1) is 14.4. The zero-order chi connectivity index (χ0) is 23.0. The van der Waals surface area contributed by atoms with Gasteiger partial charge in [-0.25, -0.2) is 16.8 Å². The zero-order valence-corrected chi connectivity index (χ0v) is 19.8. The lowest BCUT2D eigenvalue weighted by atomic mass is 10.2. The predicted molar refractivity (Wildman–Crippen MR) is 123 cm³/mol.